The number of hydrogen-bond donors (Lipinski definition) is 1. The van der Waals surface area contributed by atoms with Crippen molar-refractivity contribution in [1.29, 1.82) is 0 Å². The zero-order chi connectivity index (χ0) is 16.1. The highest BCUT2D eigenvalue weighted by molar-refractivity contribution is 5.77. The van der Waals surface area contributed by atoms with E-state index in [-0.39, 0.29) is 17.8 Å². The summed E-state index contributed by atoms with van der Waals surface area (Å²) in [7, 11) is 0. The molecule has 0 bridgehead atoms. The first-order chi connectivity index (χ1) is 10.5. The molecule has 0 spiro atoms. The zero-order valence-corrected chi connectivity index (χ0v) is 13.8. The summed E-state index contributed by atoms with van der Waals surface area (Å²) in [4.78, 5) is 14.6. The van der Waals surface area contributed by atoms with Gasteiger partial charge in [0.1, 0.15) is 5.82 Å². The van der Waals surface area contributed by atoms with Gasteiger partial charge < -0.3 is 10.2 Å². The number of rotatable bonds is 5. The molecule has 1 N–H and O–H groups in total. The molecule has 1 aromatic rings. The molecule has 1 aromatic carbocycles. The van der Waals surface area contributed by atoms with Gasteiger partial charge in [0.15, 0.2) is 0 Å². The molecule has 1 fully saturated rings. The second-order valence-electron chi connectivity index (χ2n) is 6.80. The fraction of sp³-hybridized carbons (Fsp3) is 0.611. The average Bonchev–Trinajstić information content (AvgIpc) is 2.46. The van der Waals surface area contributed by atoms with Crippen molar-refractivity contribution in [2.45, 2.75) is 39.7 Å². The van der Waals surface area contributed by atoms with Gasteiger partial charge in [-0.25, -0.2) is 4.39 Å². The maximum absolute atomic E-state index is 13.5. The summed E-state index contributed by atoms with van der Waals surface area (Å²) >= 11 is 0. The first kappa shape index (κ1) is 16.9. The molecule has 2 rings (SSSR count). The molecule has 22 heavy (non-hydrogen) atoms. The summed E-state index contributed by atoms with van der Waals surface area (Å²) in [5.41, 5.74) is 0.872. The van der Waals surface area contributed by atoms with E-state index in [0.717, 1.165) is 18.5 Å². The Morgan fingerprint density at radius 2 is 2.18 bits per heavy atom. The van der Waals surface area contributed by atoms with Gasteiger partial charge in [-0.15, -0.1) is 0 Å². The van der Waals surface area contributed by atoms with Gasteiger partial charge >= 0.3 is 0 Å². The molecule has 0 radical (unpaired) electrons. The number of carbonyl (C=O) groups excluding carboxylic acids is 1. The van der Waals surface area contributed by atoms with Crippen molar-refractivity contribution in [3.63, 3.8) is 0 Å². The summed E-state index contributed by atoms with van der Waals surface area (Å²) in [5, 5.41) is 3.31. The number of amides is 1. The summed E-state index contributed by atoms with van der Waals surface area (Å²) in [5.74, 6) is 0.924. The average molecular weight is 306 g/mol. The van der Waals surface area contributed by atoms with Crippen LogP contribution in [0.1, 0.15) is 45.2 Å². The molecule has 1 amide bonds. The van der Waals surface area contributed by atoms with E-state index in [1.807, 2.05) is 11.0 Å². The van der Waals surface area contributed by atoms with Crippen LogP contribution in [0, 0.1) is 17.7 Å². The fourth-order valence-corrected chi connectivity index (χ4v) is 3.32. The zero-order valence-electron chi connectivity index (χ0n) is 13.8. The fourth-order valence-electron chi connectivity index (χ4n) is 3.32. The SMILES string of the molecule is CC(C)CC(C)CC(=O)N1CCNCC1c1cccc(F)c1. The first-order valence-electron chi connectivity index (χ1n) is 8.23. The van der Waals surface area contributed by atoms with Crippen LogP contribution in [0.4, 0.5) is 4.39 Å². The van der Waals surface area contributed by atoms with Crippen LogP contribution in [0.25, 0.3) is 0 Å². The van der Waals surface area contributed by atoms with Crippen molar-refractivity contribution >= 4 is 5.91 Å². The molecule has 2 atom stereocenters. The minimum atomic E-state index is -0.247. The molecule has 2 unspecified atom stereocenters. The molecular weight excluding hydrogens is 279 g/mol. The van der Waals surface area contributed by atoms with Crippen molar-refractivity contribution in [3.05, 3.63) is 35.6 Å². The predicted molar refractivity (Wildman–Crippen MR) is 87.0 cm³/mol. The number of nitrogens with zero attached hydrogens (tertiary/aromatic N) is 1. The van der Waals surface area contributed by atoms with E-state index in [2.05, 4.69) is 26.1 Å². The third-order valence-electron chi connectivity index (χ3n) is 4.19. The number of carbonyl (C=O) groups is 1. The Morgan fingerprint density at radius 3 is 2.86 bits per heavy atom. The maximum atomic E-state index is 13.5. The summed E-state index contributed by atoms with van der Waals surface area (Å²) in [6.45, 7) is 8.68. The summed E-state index contributed by atoms with van der Waals surface area (Å²) < 4.78 is 13.5. The van der Waals surface area contributed by atoms with Crippen molar-refractivity contribution in [2.24, 2.45) is 11.8 Å². The Labute approximate surface area is 132 Å². The van der Waals surface area contributed by atoms with Gasteiger partial charge in [-0.05, 0) is 36.0 Å². The highest BCUT2D eigenvalue weighted by Gasteiger charge is 2.28. The van der Waals surface area contributed by atoms with Crippen LogP contribution in [-0.4, -0.2) is 30.4 Å². The van der Waals surface area contributed by atoms with Crippen LogP contribution in [0.2, 0.25) is 0 Å². The monoisotopic (exact) mass is 306 g/mol. The lowest BCUT2D eigenvalue weighted by Gasteiger charge is -2.37. The van der Waals surface area contributed by atoms with Gasteiger partial charge in [-0.2, -0.15) is 0 Å². The molecule has 3 nitrogen and oxygen atoms in total. The summed E-state index contributed by atoms with van der Waals surface area (Å²) in [6.07, 6.45) is 1.63. The standard InChI is InChI=1S/C18H27FN2O/c1-13(2)9-14(3)10-18(22)21-8-7-20-12-17(21)15-5-4-6-16(19)11-15/h4-6,11,13-14,17,20H,7-10,12H2,1-3H3. The molecule has 1 saturated heterocycles. The molecule has 122 valence electrons. The molecular formula is C18H27FN2O. The van der Waals surface area contributed by atoms with E-state index < -0.39 is 0 Å². The van der Waals surface area contributed by atoms with Crippen LogP contribution in [-0.2, 0) is 4.79 Å². The largest absolute Gasteiger partial charge is 0.333 e. The van der Waals surface area contributed by atoms with E-state index in [1.165, 1.54) is 12.1 Å². The van der Waals surface area contributed by atoms with Crippen molar-refractivity contribution in [3.8, 4) is 0 Å². The summed E-state index contributed by atoms with van der Waals surface area (Å²) in [6, 6.07) is 6.52. The van der Waals surface area contributed by atoms with Crippen LogP contribution in [0.15, 0.2) is 24.3 Å². The number of benzene rings is 1. The smallest absolute Gasteiger partial charge is 0.223 e. The van der Waals surface area contributed by atoms with Crippen LogP contribution in [0.3, 0.4) is 0 Å². The van der Waals surface area contributed by atoms with Crippen molar-refractivity contribution in [1.82, 2.24) is 10.2 Å². The lowest BCUT2D eigenvalue weighted by atomic mass is 9.94. The second kappa shape index (κ2) is 7.73. The minimum absolute atomic E-state index is 0.0665. The van der Waals surface area contributed by atoms with Crippen LogP contribution >= 0.6 is 0 Å². The molecule has 0 saturated carbocycles. The Morgan fingerprint density at radius 1 is 1.41 bits per heavy atom. The highest BCUT2D eigenvalue weighted by Crippen LogP contribution is 2.25. The molecule has 4 heteroatoms. The number of nitrogens with one attached hydrogen (secondary N) is 1. The van der Waals surface area contributed by atoms with Crippen LogP contribution in [0.5, 0.6) is 0 Å². The topological polar surface area (TPSA) is 32.3 Å². The van der Waals surface area contributed by atoms with Gasteiger partial charge in [0.25, 0.3) is 0 Å². The molecule has 0 aromatic heterocycles. The van der Waals surface area contributed by atoms with Crippen LogP contribution < -0.4 is 5.32 Å². The first-order valence-corrected chi connectivity index (χ1v) is 8.23. The van der Waals surface area contributed by atoms with E-state index in [0.29, 0.717) is 31.3 Å². The number of halogens is 1. The van der Waals surface area contributed by atoms with Gasteiger partial charge in [0, 0.05) is 26.1 Å². The number of piperazine rings is 1. The molecule has 1 aliphatic rings. The van der Waals surface area contributed by atoms with Gasteiger partial charge in [-0.3, -0.25) is 4.79 Å². The van der Waals surface area contributed by atoms with Crippen molar-refractivity contribution < 1.29 is 9.18 Å². The Hall–Kier alpha value is -1.42. The second-order valence-corrected chi connectivity index (χ2v) is 6.80. The third kappa shape index (κ3) is 4.54. The van der Waals surface area contributed by atoms with Crippen molar-refractivity contribution in [2.75, 3.05) is 19.6 Å². The van der Waals surface area contributed by atoms with E-state index >= 15 is 0 Å². The van der Waals surface area contributed by atoms with E-state index in [9.17, 15) is 9.18 Å². The highest BCUT2D eigenvalue weighted by atomic mass is 19.1. The Kier molecular flexibility index (Phi) is 5.95. The number of hydrogen-bond acceptors (Lipinski definition) is 2. The quantitative estimate of drug-likeness (QED) is 0.904. The molecule has 1 heterocycles. The lowest BCUT2D eigenvalue weighted by molar-refractivity contribution is -0.135. The normalized spacial score (nSPS) is 20.2. The van der Waals surface area contributed by atoms with E-state index in [1.54, 1.807) is 6.07 Å². The Bertz CT molecular complexity index is 504. The van der Waals surface area contributed by atoms with E-state index in [4.69, 9.17) is 0 Å². The van der Waals surface area contributed by atoms with Gasteiger partial charge in [-0.1, -0.05) is 32.9 Å². The maximum Gasteiger partial charge on any atom is 0.223 e. The lowest BCUT2D eigenvalue weighted by Crippen LogP contribution is -2.49. The minimum Gasteiger partial charge on any atom is -0.333 e. The third-order valence-corrected chi connectivity index (χ3v) is 4.19. The Balaban J connectivity index is 2.07. The molecule has 1 aliphatic heterocycles. The van der Waals surface area contributed by atoms with Gasteiger partial charge in [0.05, 0.1) is 6.04 Å². The predicted octanol–water partition coefficient (Wildman–Crippen LogP) is 3.37. The van der Waals surface area contributed by atoms with Gasteiger partial charge in [0.2, 0.25) is 5.91 Å². The molecule has 0 aliphatic carbocycles.